The minimum absolute atomic E-state index is 0.0200. The predicted molar refractivity (Wildman–Crippen MR) is 117 cm³/mol. The van der Waals surface area contributed by atoms with Crippen molar-refractivity contribution < 1.29 is 18.0 Å². The number of aromatic nitrogens is 2. The number of nitrogens with one attached hydrogen (secondary N) is 3. The summed E-state index contributed by atoms with van der Waals surface area (Å²) >= 11 is 6.09. The van der Waals surface area contributed by atoms with Crippen LogP contribution in [0, 0.1) is 5.41 Å². The summed E-state index contributed by atoms with van der Waals surface area (Å²) in [6.07, 6.45) is -1.70. The number of amides is 1. The van der Waals surface area contributed by atoms with Crippen molar-refractivity contribution in [1.29, 1.82) is 5.41 Å². The van der Waals surface area contributed by atoms with Crippen molar-refractivity contribution in [2.45, 2.75) is 19.0 Å². The molecular formula is C22H19ClF3N5O. The van der Waals surface area contributed by atoms with E-state index >= 15 is 0 Å². The van der Waals surface area contributed by atoms with Gasteiger partial charge in [-0.2, -0.15) is 13.2 Å². The van der Waals surface area contributed by atoms with Crippen LogP contribution < -0.4 is 5.32 Å². The molecule has 0 aliphatic heterocycles. The summed E-state index contributed by atoms with van der Waals surface area (Å²) in [4.78, 5) is 23.4. The Morgan fingerprint density at radius 1 is 1.12 bits per heavy atom. The monoisotopic (exact) mass is 461 g/mol. The van der Waals surface area contributed by atoms with E-state index in [4.69, 9.17) is 17.0 Å². The van der Waals surface area contributed by atoms with E-state index < -0.39 is 18.3 Å². The number of carbonyl (C=O) groups is 1. The fourth-order valence-electron chi connectivity index (χ4n) is 2.81. The number of aliphatic imine (C=N–C) groups is 1. The third kappa shape index (κ3) is 6.27. The highest BCUT2D eigenvalue weighted by Gasteiger charge is 2.35. The van der Waals surface area contributed by atoms with Crippen LogP contribution in [0.15, 0.2) is 66.0 Å². The maximum Gasteiger partial charge on any atom is 0.429 e. The number of aromatic amines is 1. The van der Waals surface area contributed by atoms with Gasteiger partial charge in [-0.1, -0.05) is 35.9 Å². The van der Waals surface area contributed by atoms with E-state index in [0.717, 1.165) is 5.69 Å². The Balaban J connectivity index is 1.78. The van der Waals surface area contributed by atoms with Crippen molar-refractivity contribution in [2.24, 2.45) is 4.99 Å². The number of nitrogens with zero attached hydrogens (tertiary/aromatic N) is 2. The third-order valence-corrected chi connectivity index (χ3v) is 4.83. The lowest BCUT2D eigenvalue weighted by atomic mass is 10.0. The Kier molecular flexibility index (Phi) is 7.42. The van der Waals surface area contributed by atoms with E-state index in [1.165, 1.54) is 24.3 Å². The van der Waals surface area contributed by atoms with Crippen molar-refractivity contribution in [1.82, 2.24) is 15.3 Å². The first-order chi connectivity index (χ1) is 15.2. The highest BCUT2D eigenvalue weighted by Crippen LogP contribution is 2.27. The first kappa shape index (κ1) is 23.2. The molecule has 0 saturated carbocycles. The minimum atomic E-state index is -4.77. The zero-order valence-electron chi connectivity index (χ0n) is 16.7. The molecule has 0 spiro atoms. The Morgan fingerprint density at radius 3 is 2.44 bits per heavy atom. The molecule has 0 saturated heterocycles. The Labute approximate surface area is 187 Å². The number of para-hydroxylation sites is 1. The highest BCUT2D eigenvalue weighted by molar-refractivity contribution is 6.33. The van der Waals surface area contributed by atoms with E-state index in [1.807, 2.05) is 0 Å². The lowest BCUT2D eigenvalue weighted by molar-refractivity contribution is -0.0605. The smallest absolute Gasteiger partial charge is 0.352 e. The summed E-state index contributed by atoms with van der Waals surface area (Å²) in [5.74, 6) is -0.316. The molecule has 1 heterocycles. The Morgan fingerprint density at radius 2 is 1.81 bits per heavy atom. The average molecular weight is 462 g/mol. The molecule has 3 rings (SSSR count). The highest BCUT2D eigenvalue weighted by atomic mass is 35.5. The molecule has 2 aromatic carbocycles. The first-order valence-corrected chi connectivity index (χ1v) is 9.94. The molecule has 1 aromatic heterocycles. The number of benzene rings is 2. The molecular weight excluding hydrogens is 443 g/mol. The van der Waals surface area contributed by atoms with Gasteiger partial charge < -0.3 is 15.7 Å². The molecule has 0 aliphatic rings. The number of imidazole rings is 1. The number of hydrogen-bond donors (Lipinski definition) is 3. The van der Waals surface area contributed by atoms with Gasteiger partial charge in [-0.25, -0.2) is 4.98 Å². The predicted octanol–water partition coefficient (Wildman–Crippen LogP) is 5.13. The molecule has 1 amide bonds. The largest absolute Gasteiger partial charge is 0.429 e. The summed E-state index contributed by atoms with van der Waals surface area (Å²) in [5.41, 5.74) is 0.470. The number of hydrogen-bond acceptors (Lipinski definition) is 4. The van der Waals surface area contributed by atoms with Gasteiger partial charge in [-0.05, 0) is 29.8 Å². The summed E-state index contributed by atoms with van der Waals surface area (Å²) in [6.45, 7) is 0.394. The summed E-state index contributed by atoms with van der Waals surface area (Å²) in [5, 5.41) is 10.4. The minimum Gasteiger partial charge on any atom is -0.352 e. The maximum atomic E-state index is 13.0. The lowest BCUT2D eigenvalue weighted by Gasteiger charge is -2.12. The van der Waals surface area contributed by atoms with Crippen LogP contribution in [0.4, 0.5) is 18.9 Å². The van der Waals surface area contributed by atoms with Crippen LogP contribution in [0.25, 0.3) is 0 Å². The lowest BCUT2D eigenvalue weighted by Crippen LogP contribution is -2.26. The molecule has 0 atom stereocenters. The number of rotatable bonds is 8. The standard InChI is InChI=1S/C22H19ClF3N5O/c23-17-3-1-2-4-18(17)31-19(11-20(27)22(24,25)26)14-5-7-15(8-6-14)21(32)29-10-9-16-12-28-13-30-16/h1-8,12-13,27H,9-11H2,(H,28,30)(H,29,32). The Hall–Kier alpha value is -3.46. The van der Waals surface area contributed by atoms with Crippen LogP contribution >= 0.6 is 11.6 Å². The van der Waals surface area contributed by atoms with Crippen LogP contribution in [-0.4, -0.2) is 40.0 Å². The fraction of sp³-hybridized carbons (Fsp3) is 0.182. The van der Waals surface area contributed by atoms with Crippen LogP contribution in [-0.2, 0) is 6.42 Å². The molecule has 0 unspecified atom stereocenters. The van der Waals surface area contributed by atoms with Crippen molar-refractivity contribution in [2.75, 3.05) is 6.54 Å². The van der Waals surface area contributed by atoms with Crippen molar-refractivity contribution in [3.63, 3.8) is 0 Å². The number of H-pyrrole nitrogens is 1. The van der Waals surface area contributed by atoms with Crippen molar-refractivity contribution in [3.8, 4) is 0 Å². The van der Waals surface area contributed by atoms with E-state index in [-0.39, 0.29) is 16.6 Å². The molecule has 0 bridgehead atoms. The van der Waals surface area contributed by atoms with Crippen LogP contribution in [0.3, 0.4) is 0 Å². The molecule has 3 aromatic rings. The van der Waals surface area contributed by atoms with Gasteiger partial charge in [0.25, 0.3) is 5.91 Å². The van der Waals surface area contributed by atoms with Gasteiger partial charge in [0, 0.05) is 36.8 Å². The van der Waals surface area contributed by atoms with Crippen LogP contribution in [0.5, 0.6) is 0 Å². The summed E-state index contributed by atoms with van der Waals surface area (Å²) < 4.78 is 38.9. The third-order valence-electron chi connectivity index (χ3n) is 4.51. The molecule has 0 fully saturated rings. The second-order valence-electron chi connectivity index (χ2n) is 6.82. The molecule has 166 valence electrons. The zero-order valence-corrected chi connectivity index (χ0v) is 17.5. The number of alkyl halides is 3. The van der Waals surface area contributed by atoms with Gasteiger partial charge in [0.2, 0.25) is 0 Å². The quantitative estimate of drug-likeness (QED) is 0.406. The van der Waals surface area contributed by atoms with E-state index in [2.05, 4.69) is 20.3 Å². The van der Waals surface area contributed by atoms with Crippen molar-refractivity contribution >= 4 is 34.6 Å². The van der Waals surface area contributed by atoms with Gasteiger partial charge in [0.05, 0.1) is 22.7 Å². The van der Waals surface area contributed by atoms with Gasteiger partial charge in [-0.15, -0.1) is 0 Å². The second-order valence-corrected chi connectivity index (χ2v) is 7.23. The SMILES string of the molecule is N=C(CC(=Nc1ccccc1Cl)c1ccc(C(=O)NCCc2cnc[nH]2)cc1)C(F)(F)F. The van der Waals surface area contributed by atoms with Gasteiger partial charge in [-0.3, -0.25) is 9.79 Å². The average Bonchev–Trinajstić information content (AvgIpc) is 3.27. The maximum absolute atomic E-state index is 13.0. The fourth-order valence-corrected chi connectivity index (χ4v) is 2.99. The molecule has 6 nitrogen and oxygen atoms in total. The van der Waals surface area contributed by atoms with E-state index in [1.54, 1.807) is 36.8 Å². The van der Waals surface area contributed by atoms with Gasteiger partial charge in [0.1, 0.15) is 5.71 Å². The summed E-state index contributed by atoms with van der Waals surface area (Å²) in [7, 11) is 0. The molecule has 0 radical (unpaired) electrons. The van der Waals surface area contributed by atoms with E-state index in [9.17, 15) is 18.0 Å². The van der Waals surface area contributed by atoms with Crippen LogP contribution in [0.2, 0.25) is 5.02 Å². The first-order valence-electron chi connectivity index (χ1n) is 9.56. The van der Waals surface area contributed by atoms with Crippen LogP contribution in [0.1, 0.15) is 28.0 Å². The molecule has 3 N–H and O–H groups in total. The summed E-state index contributed by atoms with van der Waals surface area (Å²) in [6, 6.07) is 12.5. The van der Waals surface area contributed by atoms with Gasteiger partial charge >= 0.3 is 6.18 Å². The molecule has 10 heteroatoms. The second kappa shape index (κ2) is 10.2. The zero-order chi connectivity index (χ0) is 23.1. The van der Waals surface area contributed by atoms with Crippen molar-refractivity contribution in [3.05, 3.63) is 82.9 Å². The number of halogens is 4. The Bertz CT molecular complexity index is 1110. The molecule has 32 heavy (non-hydrogen) atoms. The molecule has 0 aliphatic carbocycles. The van der Waals surface area contributed by atoms with E-state index in [0.29, 0.717) is 29.8 Å². The number of carbonyl (C=O) groups excluding carboxylic acids is 1. The topological polar surface area (TPSA) is 94.0 Å². The van der Waals surface area contributed by atoms with Gasteiger partial charge in [0.15, 0.2) is 0 Å². The normalized spacial score (nSPS) is 11.9.